The molecule has 1 aliphatic rings. The van der Waals surface area contributed by atoms with Gasteiger partial charge in [-0.05, 0) is 17.7 Å². The Bertz CT molecular complexity index is 282. The topological polar surface area (TPSA) is 30.5 Å². The van der Waals surface area contributed by atoms with E-state index in [1.807, 2.05) is 18.2 Å². The summed E-state index contributed by atoms with van der Waals surface area (Å²) in [7, 11) is 1.67. The first-order chi connectivity index (χ1) is 6.40. The van der Waals surface area contributed by atoms with Crippen molar-refractivity contribution >= 4 is 0 Å². The highest BCUT2D eigenvalue weighted by atomic mass is 16.5. The summed E-state index contributed by atoms with van der Waals surface area (Å²) < 4.78 is 10.6. The maximum Gasteiger partial charge on any atom is 0.119 e. The predicted octanol–water partition coefficient (Wildman–Crippen LogP) is 1.31. The van der Waals surface area contributed by atoms with Gasteiger partial charge in [0.1, 0.15) is 5.75 Å². The van der Waals surface area contributed by atoms with Crippen LogP contribution in [-0.2, 0) is 4.74 Å². The van der Waals surface area contributed by atoms with Crippen LogP contribution >= 0.6 is 0 Å². The SMILES string of the molecule is COc1cccc(C2CNCO2)c1. The Morgan fingerprint density at radius 1 is 1.54 bits per heavy atom. The molecule has 1 unspecified atom stereocenters. The first kappa shape index (κ1) is 8.53. The summed E-state index contributed by atoms with van der Waals surface area (Å²) in [5.74, 6) is 0.882. The molecule has 0 spiro atoms. The van der Waals surface area contributed by atoms with Gasteiger partial charge in [-0.2, -0.15) is 0 Å². The lowest BCUT2D eigenvalue weighted by Gasteiger charge is -2.09. The highest BCUT2D eigenvalue weighted by Crippen LogP contribution is 2.23. The second-order valence-corrected chi connectivity index (χ2v) is 3.03. The van der Waals surface area contributed by atoms with Crippen molar-refractivity contribution in [1.82, 2.24) is 5.32 Å². The fourth-order valence-corrected chi connectivity index (χ4v) is 1.46. The van der Waals surface area contributed by atoms with E-state index in [1.165, 1.54) is 5.56 Å². The Balaban J connectivity index is 2.18. The quantitative estimate of drug-likeness (QED) is 0.742. The summed E-state index contributed by atoms with van der Waals surface area (Å²) in [6, 6.07) is 7.99. The minimum absolute atomic E-state index is 0.176. The van der Waals surface area contributed by atoms with Gasteiger partial charge >= 0.3 is 0 Å². The van der Waals surface area contributed by atoms with Crippen molar-refractivity contribution in [3.63, 3.8) is 0 Å². The van der Waals surface area contributed by atoms with Crippen LogP contribution in [0.2, 0.25) is 0 Å². The first-order valence-electron chi connectivity index (χ1n) is 4.36. The van der Waals surface area contributed by atoms with E-state index in [4.69, 9.17) is 9.47 Å². The largest absolute Gasteiger partial charge is 0.497 e. The zero-order valence-electron chi connectivity index (χ0n) is 7.62. The van der Waals surface area contributed by atoms with Crippen LogP contribution in [0.4, 0.5) is 0 Å². The van der Waals surface area contributed by atoms with Crippen LogP contribution in [0, 0.1) is 0 Å². The van der Waals surface area contributed by atoms with Gasteiger partial charge in [0.25, 0.3) is 0 Å². The van der Waals surface area contributed by atoms with E-state index in [2.05, 4.69) is 11.4 Å². The molecule has 1 aromatic rings. The fraction of sp³-hybridized carbons (Fsp3) is 0.400. The lowest BCUT2D eigenvalue weighted by molar-refractivity contribution is 0.114. The van der Waals surface area contributed by atoms with E-state index in [-0.39, 0.29) is 6.10 Å². The molecular formula is C10H13NO2. The molecule has 0 aromatic heterocycles. The third-order valence-electron chi connectivity index (χ3n) is 2.18. The van der Waals surface area contributed by atoms with E-state index in [1.54, 1.807) is 7.11 Å². The van der Waals surface area contributed by atoms with E-state index < -0.39 is 0 Å². The van der Waals surface area contributed by atoms with Crippen molar-refractivity contribution in [2.75, 3.05) is 20.4 Å². The molecule has 13 heavy (non-hydrogen) atoms. The summed E-state index contributed by atoms with van der Waals surface area (Å²) in [6.07, 6.45) is 0.176. The minimum Gasteiger partial charge on any atom is -0.497 e. The lowest BCUT2D eigenvalue weighted by Crippen LogP contribution is -2.07. The summed E-state index contributed by atoms with van der Waals surface area (Å²) in [6.45, 7) is 1.52. The molecule has 2 rings (SSSR count). The van der Waals surface area contributed by atoms with E-state index in [0.29, 0.717) is 6.73 Å². The molecule has 70 valence electrons. The van der Waals surface area contributed by atoms with Crippen LogP contribution in [0.25, 0.3) is 0 Å². The van der Waals surface area contributed by atoms with Gasteiger partial charge in [0.05, 0.1) is 19.9 Å². The second kappa shape index (κ2) is 3.77. The van der Waals surface area contributed by atoms with Crippen molar-refractivity contribution in [2.45, 2.75) is 6.10 Å². The normalized spacial score (nSPS) is 21.8. The maximum absolute atomic E-state index is 5.47. The smallest absolute Gasteiger partial charge is 0.119 e. The molecule has 1 heterocycles. The second-order valence-electron chi connectivity index (χ2n) is 3.03. The molecule has 0 aliphatic carbocycles. The molecule has 0 bridgehead atoms. The molecule has 1 N–H and O–H groups in total. The monoisotopic (exact) mass is 179 g/mol. The van der Waals surface area contributed by atoms with Gasteiger partial charge in [-0.1, -0.05) is 12.1 Å². The van der Waals surface area contributed by atoms with Crippen LogP contribution in [0.15, 0.2) is 24.3 Å². The molecule has 0 radical (unpaired) electrons. The van der Waals surface area contributed by atoms with Gasteiger partial charge in [-0.15, -0.1) is 0 Å². The summed E-state index contributed by atoms with van der Waals surface area (Å²) >= 11 is 0. The number of nitrogens with one attached hydrogen (secondary N) is 1. The van der Waals surface area contributed by atoms with Crippen molar-refractivity contribution < 1.29 is 9.47 Å². The zero-order valence-corrected chi connectivity index (χ0v) is 7.62. The summed E-state index contributed by atoms with van der Waals surface area (Å²) in [5, 5.41) is 3.15. The molecule has 3 heteroatoms. The highest BCUT2D eigenvalue weighted by Gasteiger charge is 2.16. The summed E-state index contributed by atoms with van der Waals surface area (Å²) in [4.78, 5) is 0. The number of hydrogen-bond acceptors (Lipinski definition) is 3. The first-order valence-corrected chi connectivity index (χ1v) is 4.36. The molecule has 1 aliphatic heterocycles. The molecular weight excluding hydrogens is 166 g/mol. The van der Waals surface area contributed by atoms with Gasteiger partial charge < -0.3 is 9.47 Å². The van der Waals surface area contributed by atoms with Crippen molar-refractivity contribution in [1.29, 1.82) is 0 Å². The molecule has 3 nitrogen and oxygen atoms in total. The van der Waals surface area contributed by atoms with Crippen LogP contribution in [0.1, 0.15) is 11.7 Å². The van der Waals surface area contributed by atoms with Crippen molar-refractivity contribution in [3.8, 4) is 5.75 Å². The third-order valence-corrected chi connectivity index (χ3v) is 2.18. The van der Waals surface area contributed by atoms with Gasteiger partial charge in [-0.25, -0.2) is 0 Å². The Morgan fingerprint density at radius 3 is 3.15 bits per heavy atom. The highest BCUT2D eigenvalue weighted by molar-refractivity contribution is 5.30. The Hall–Kier alpha value is -1.06. The molecule has 1 fully saturated rings. The van der Waals surface area contributed by atoms with Crippen molar-refractivity contribution in [2.24, 2.45) is 0 Å². The summed E-state index contributed by atoms with van der Waals surface area (Å²) in [5.41, 5.74) is 1.17. The number of ether oxygens (including phenoxy) is 2. The fourth-order valence-electron chi connectivity index (χ4n) is 1.46. The van der Waals surface area contributed by atoms with Crippen LogP contribution in [0.5, 0.6) is 5.75 Å². The number of rotatable bonds is 2. The minimum atomic E-state index is 0.176. The molecule has 0 amide bonds. The van der Waals surface area contributed by atoms with E-state index in [9.17, 15) is 0 Å². The molecule has 1 saturated heterocycles. The van der Waals surface area contributed by atoms with Gasteiger partial charge in [0.2, 0.25) is 0 Å². The van der Waals surface area contributed by atoms with E-state index in [0.717, 1.165) is 12.3 Å². The third kappa shape index (κ3) is 1.82. The standard InChI is InChI=1S/C10H13NO2/c1-12-9-4-2-3-8(5-9)10-6-11-7-13-10/h2-5,10-11H,6-7H2,1H3. The molecule has 0 saturated carbocycles. The zero-order chi connectivity index (χ0) is 9.10. The molecule has 1 aromatic carbocycles. The van der Waals surface area contributed by atoms with Gasteiger partial charge in [0.15, 0.2) is 0 Å². The predicted molar refractivity (Wildman–Crippen MR) is 49.7 cm³/mol. The van der Waals surface area contributed by atoms with Crippen LogP contribution in [-0.4, -0.2) is 20.4 Å². The Kier molecular flexibility index (Phi) is 2.47. The Labute approximate surface area is 77.7 Å². The van der Waals surface area contributed by atoms with Gasteiger partial charge in [0, 0.05) is 6.54 Å². The maximum atomic E-state index is 5.47. The van der Waals surface area contributed by atoms with Crippen LogP contribution in [0.3, 0.4) is 0 Å². The average molecular weight is 179 g/mol. The number of benzene rings is 1. The lowest BCUT2D eigenvalue weighted by atomic mass is 10.1. The van der Waals surface area contributed by atoms with E-state index >= 15 is 0 Å². The van der Waals surface area contributed by atoms with Crippen LogP contribution < -0.4 is 10.1 Å². The Morgan fingerprint density at radius 2 is 2.46 bits per heavy atom. The molecule has 1 atom stereocenters. The average Bonchev–Trinajstić information content (AvgIpc) is 2.71. The van der Waals surface area contributed by atoms with Crippen molar-refractivity contribution in [3.05, 3.63) is 29.8 Å². The number of hydrogen-bond donors (Lipinski definition) is 1. The number of methoxy groups -OCH3 is 1. The van der Waals surface area contributed by atoms with Gasteiger partial charge in [-0.3, -0.25) is 5.32 Å².